The predicted octanol–water partition coefficient (Wildman–Crippen LogP) is 8.13. The molecule has 0 saturated heterocycles. The van der Waals surface area contributed by atoms with Gasteiger partial charge in [-0.1, -0.05) is 29.3 Å². The van der Waals surface area contributed by atoms with Gasteiger partial charge in [0.1, 0.15) is 16.0 Å². The van der Waals surface area contributed by atoms with Crippen LogP contribution < -0.4 is 10.6 Å². The van der Waals surface area contributed by atoms with Crippen LogP contribution in [0.1, 0.15) is 27.4 Å². The molecule has 2 amide bonds. The van der Waals surface area contributed by atoms with Crippen LogP contribution in [0.2, 0.25) is 10.0 Å². The molecule has 0 spiro atoms. The highest BCUT2D eigenvalue weighted by Gasteiger charge is 2.67. The third-order valence-electron chi connectivity index (χ3n) is 6.21. The molecule has 3 aromatic rings. The SMILES string of the molecule is O=C(Nc1ccc(F)c(CC(=O)C(F)(F)Cl)c1F)c1cc(NC(=O)[C@H]2[C@H](c3ccc(F)c(Cl)c3)C2(Cl)Cl)ccc1Cl. The molecule has 0 aromatic heterocycles. The molecule has 41 heavy (non-hydrogen) atoms. The van der Waals surface area contributed by atoms with Crippen molar-refractivity contribution in [1.29, 1.82) is 0 Å². The predicted molar refractivity (Wildman–Crippen MR) is 146 cm³/mol. The van der Waals surface area contributed by atoms with Crippen LogP contribution in [0, 0.1) is 23.4 Å². The highest BCUT2D eigenvalue weighted by molar-refractivity contribution is 6.53. The minimum atomic E-state index is -4.35. The van der Waals surface area contributed by atoms with Crippen LogP contribution in [0.4, 0.5) is 33.3 Å². The van der Waals surface area contributed by atoms with Crippen LogP contribution in [0.5, 0.6) is 0 Å². The molecule has 0 heterocycles. The molecule has 0 bridgehead atoms. The molecule has 2 atom stereocenters. The molecule has 2 N–H and O–H groups in total. The zero-order valence-electron chi connectivity index (χ0n) is 20.0. The first kappa shape index (κ1) is 31.3. The number of nitrogens with one attached hydrogen (secondary N) is 2. The highest BCUT2D eigenvalue weighted by atomic mass is 35.5. The maximum Gasteiger partial charge on any atom is 0.380 e. The molecule has 15 heteroatoms. The molecule has 3 aromatic carbocycles. The third-order valence-corrected chi connectivity index (χ3v) is 7.98. The van der Waals surface area contributed by atoms with E-state index in [2.05, 4.69) is 22.2 Å². The van der Waals surface area contributed by atoms with Crippen molar-refractivity contribution in [3.05, 3.63) is 92.7 Å². The van der Waals surface area contributed by atoms with Gasteiger partial charge in [0.05, 0.1) is 27.2 Å². The van der Waals surface area contributed by atoms with E-state index in [9.17, 15) is 36.3 Å². The second kappa shape index (κ2) is 11.6. The van der Waals surface area contributed by atoms with Crippen molar-refractivity contribution in [3.63, 3.8) is 0 Å². The molecule has 0 aliphatic heterocycles. The Bertz CT molecular complexity index is 1580. The zero-order chi connectivity index (χ0) is 30.4. The van der Waals surface area contributed by atoms with E-state index < -0.39 is 74.3 Å². The lowest BCUT2D eigenvalue weighted by Crippen LogP contribution is -2.24. The number of halogens is 10. The quantitative estimate of drug-likeness (QED) is 0.187. The Hall–Kier alpha value is -2.63. The molecule has 1 saturated carbocycles. The van der Waals surface area contributed by atoms with Crippen molar-refractivity contribution in [2.45, 2.75) is 22.1 Å². The Morgan fingerprint density at radius 2 is 1.54 bits per heavy atom. The largest absolute Gasteiger partial charge is 0.380 e. The van der Waals surface area contributed by atoms with Crippen molar-refractivity contribution < 1.29 is 36.3 Å². The number of Topliss-reactive ketones (excluding diaryl/α,β-unsaturated/α-hetero) is 1. The minimum Gasteiger partial charge on any atom is -0.326 e. The van der Waals surface area contributed by atoms with Crippen molar-refractivity contribution in [1.82, 2.24) is 0 Å². The number of hydrogen-bond acceptors (Lipinski definition) is 3. The summed E-state index contributed by atoms with van der Waals surface area (Å²) in [4.78, 5) is 37.3. The van der Waals surface area contributed by atoms with Crippen LogP contribution in [0.25, 0.3) is 0 Å². The molecule has 0 unspecified atom stereocenters. The van der Waals surface area contributed by atoms with Gasteiger partial charge >= 0.3 is 5.38 Å². The zero-order valence-corrected chi connectivity index (χ0v) is 23.8. The van der Waals surface area contributed by atoms with E-state index in [1.54, 1.807) is 0 Å². The summed E-state index contributed by atoms with van der Waals surface area (Å²) < 4.78 is 67.0. The number of carbonyl (C=O) groups is 3. The Morgan fingerprint density at radius 3 is 2.17 bits per heavy atom. The summed E-state index contributed by atoms with van der Waals surface area (Å²) in [5.74, 6) is -8.78. The first-order chi connectivity index (χ1) is 19.0. The monoisotopic (exact) mass is 672 g/mol. The molecule has 216 valence electrons. The lowest BCUT2D eigenvalue weighted by Gasteiger charge is -2.13. The smallest absolute Gasteiger partial charge is 0.326 e. The summed E-state index contributed by atoms with van der Waals surface area (Å²) in [6.45, 7) is 0. The van der Waals surface area contributed by atoms with Gasteiger partial charge in [0.25, 0.3) is 5.91 Å². The van der Waals surface area contributed by atoms with Crippen LogP contribution in [-0.2, 0) is 16.0 Å². The Morgan fingerprint density at radius 1 is 0.878 bits per heavy atom. The maximum atomic E-state index is 14.9. The maximum absolute atomic E-state index is 14.9. The van der Waals surface area contributed by atoms with Crippen LogP contribution in [-0.4, -0.2) is 27.3 Å². The van der Waals surface area contributed by atoms with Gasteiger partial charge in [0, 0.05) is 23.6 Å². The fraction of sp³-hybridized carbons (Fsp3) is 0.192. The molecule has 1 aliphatic rings. The number of alkyl halides is 5. The normalized spacial score (nSPS) is 17.6. The van der Waals surface area contributed by atoms with Crippen molar-refractivity contribution in [2.75, 3.05) is 10.6 Å². The highest BCUT2D eigenvalue weighted by Crippen LogP contribution is 2.65. The summed E-state index contributed by atoms with van der Waals surface area (Å²) >= 11 is 29.2. The minimum absolute atomic E-state index is 0.0617. The summed E-state index contributed by atoms with van der Waals surface area (Å²) in [5.41, 5.74) is -1.46. The molecular weight excluding hydrogens is 661 g/mol. The summed E-state index contributed by atoms with van der Waals surface area (Å²) in [6.07, 6.45) is -1.38. The molecule has 4 rings (SSSR count). The van der Waals surface area contributed by atoms with Crippen molar-refractivity contribution in [2.24, 2.45) is 5.92 Å². The van der Waals surface area contributed by atoms with Gasteiger partial charge in [-0.25, -0.2) is 13.2 Å². The first-order valence-corrected chi connectivity index (χ1v) is 13.2. The van der Waals surface area contributed by atoms with E-state index in [0.717, 1.165) is 18.2 Å². The topological polar surface area (TPSA) is 75.3 Å². The van der Waals surface area contributed by atoms with Gasteiger partial charge in [-0.05, 0) is 59.6 Å². The number of hydrogen-bond donors (Lipinski definition) is 2. The fourth-order valence-corrected chi connectivity index (χ4v) is 5.36. The van der Waals surface area contributed by atoms with Crippen LogP contribution in [0.15, 0.2) is 48.5 Å². The number of benzene rings is 3. The van der Waals surface area contributed by atoms with E-state index in [1.165, 1.54) is 24.3 Å². The van der Waals surface area contributed by atoms with Crippen LogP contribution in [0.3, 0.4) is 0 Å². The van der Waals surface area contributed by atoms with Gasteiger partial charge in [0.15, 0.2) is 5.82 Å². The summed E-state index contributed by atoms with van der Waals surface area (Å²) in [6, 6.07) is 9.01. The number of amides is 2. The van der Waals surface area contributed by atoms with Crippen LogP contribution >= 0.6 is 58.0 Å². The van der Waals surface area contributed by atoms with E-state index >= 15 is 0 Å². The molecule has 1 aliphatic carbocycles. The Balaban J connectivity index is 1.52. The average Bonchev–Trinajstić information content (AvgIpc) is 3.47. The molecule has 5 nitrogen and oxygen atoms in total. The second-order valence-electron chi connectivity index (χ2n) is 8.93. The molecular formula is C26H14Cl5F5N2O3. The van der Waals surface area contributed by atoms with Gasteiger partial charge in [-0.15, -0.1) is 23.2 Å². The van der Waals surface area contributed by atoms with Crippen molar-refractivity contribution in [3.8, 4) is 0 Å². The lowest BCUT2D eigenvalue weighted by atomic mass is 10.1. The van der Waals surface area contributed by atoms with E-state index in [0.29, 0.717) is 11.6 Å². The summed E-state index contributed by atoms with van der Waals surface area (Å²) in [5, 5.41) is -0.00657. The van der Waals surface area contributed by atoms with Crippen molar-refractivity contribution >= 4 is 87.0 Å². The molecule has 0 radical (unpaired) electrons. The van der Waals surface area contributed by atoms with E-state index in [-0.39, 0.29) is 21.3 Å². The molecule has 1 fully saturated rings. The lowest BCUT2D eigenvalue weighted by molar-refractivity contribution is -0.132. The Labute approximate surface area is 253 Å². The van der Waals surface area contributed by atoms with E-state index in [4.69, 9.17) is 46.4 Å². The fourth-order valence-electron chi connectivity index (χ4n) is 4.08. The third kappa shape index (κ3) is 6.57. The van der Waals surface area contributed by atoms with E-state index in [1.807, 2.05) is 0 Å². The summed E-state index contributed by atoms with van der Waals surface area (Å²) in [7, 11) is 0. The Kier molecular flexibility index (Phi) is 8.83. The number of rotatable bonds is 8. The van der Waals surface area contributed by atoms with Gasteiger partial charge < -0.3 is 10.6 Å². The van der Waals surface area contributed by atoms with Gasteiger partial charge in [-0.3, -0.25) is 14.4 Å². The number of carbonyl (C=O) groups excluding carboxylic acids is 3. The average molecular weight is 675 g/mol. The number of ketones is 1. The first-order valence-electron chi connectivity index (χ1n) is 11.3. The van der Waals surface area contributed by atoms with Gasteiger partial charge in [0.2, 0.25) is 11.7 Å². The number of anilines is 2. The van der Waals surface area contributed by atoms with Gasteiger partial charge in [-0.2, -0.15) is 8.78 Å². The standard InChI is InChI=1S/C26H14Cl5F5N2O3/c27-14-3-2-11(37-24(41)21-20(25(21,29)30)10-1-4-17(33)15(28)7-10)8-12(14)23(40)38-18-6-5-16(32)13(22(18)34)9-19(39)26(31,35)36/h1-8,20-21H,9H2,(H,37,41)(H,38,40)/t20-,21+/m0/s1. The second-order valence-corrected chi connectivity index (χ2v) is 11.7.